The van der Waals surface area contributed by atoms with Crippen LogP contribution in [-0.4, -0.2) is 21.0 Å². The number of ether oxygens (including phenoxy) is 1. The summed E-state index contributed by atoms with van der Waals surface area (Å²) >= 11 is 7.00. The zero-order chi connectivity index (χ0) is 18.0. The van der Waals surface area contributed by atoms with Crippen LogP contribution in [0.2, 0.25) is 5.02 Å². The molecule has 25 heavy (non-hydrogen) atoms. The van der Waals surface area contributed by atoms with Crippen LogP contribution in [-0.2, 0) is 14.8 Å². The Labute approximate surface area is 154 Å². The van der Waals surface area contributed by atoms with Gasteiger partial charge in [0.25, 0.3) is 10.0 Å². The highest BCUT2D eigenvalue weighted by Gasteiger charge is 2.29. The minimum Gasteiger partial charge on any atom is -0.462 e. The Balaban J connectivity index is 2.15. The molecule has 0 atom stereocenters. The molecule has 0 unspecified atom stereocenters. The maximum atomic E-state index is 13.0. The SMILES string of the molecule is CCOC(=O)c1sc2ccccc2c1S(=O)(=O)Nc1cccc(Cl)c1. The molecule has 0 aliphatic carbocycles. The van der Waals surface area contributed by atoms with Gasteiger partial charge in [-0.3, -0.25) is 4.72 Å². The molecule has 0 bridgehead atoms. The number of benzene rings is 2. The molecule has 0 saturated heterocycles. The predicted octanol–water partition coefficient (Wildman–Crippen LogP) is 4.53. The maximum absolute atomic E-state index is 13.0. The monoisotopic (exact) mass is 395 g/mol. The van der Waals surface area contributed by atoms with Gasteiger partial charge in [-0.1, -0.05) is 35.9 Å². The zero-order valence-electron chi connectivity index (χ0n) is 13.2. The van der Waals surface area contributed by atoms with Crippen LogP contribution >= 0.6 is 22.9 Å². The second kappa shape index (κ2) is 7.03. The van der Waals surface area contributed by atoms with Crippen molar-refractivity contribution in [2.45, 2.75) is 11.8 Å². The van der Waals surface area contributed by atoms with Gasteiger partial charge in [-0.2, -0.15) is 0 Å². The molecule has 1 N–H and O–H groups in total. The van der Waals surface area contributed by atoms with Crippen molar-refractivity contribution in [1.29, 1.82) is 0 Å². The van der Waals surface area contributed by atoms with Crippen LogP contribution < -0.4 is 4.72 Å². The molecular formula is C17H14ClNO4S2. The summed E-state index contributed by atoms with van der Waals surface area (Å²) in [6.45, 7) is 1.83. The van der Waals surface area contributed by atoms with Crippen molar-refractivity contribution in [1.82, 2.24) is 0 Å². The van der Waals surface area contributed by atoms with Crippen molar-refractivity contribution in [3.05, 3.63) is 58.4 Å². The zero-order valence-corrected chi connectivity index (χ0v) is 15.5. The Bertz CT molecular complexity index is 1040. The number of nitrogens with one attached hydrogen (secondary N) is 1. The lowest BCUT2D eigenvalue weighted by Gasteiger charge is -2.09. The van der Waals surface area contributed by atoms with Crippen molar-refractivity contribution in [3.63, 3.8) is 0 Å². The van der Waals surface area contributed by atoms with Crippen molar-refractivity contribution in [2.75, 3.05) is 11.3 Å². The first-order chi connectivity index (χ1) is 11.9. The average Bonchev–Trinajstić information content (AvgIpc) is 2.95. The van der Waals surface area contributed by atoms with Crippen molar-refractivity contribution in [3.8, 4) is 0 Å². The van der Waals surface area contributed by atoms with Gasteiger partial charge in [-0.05, 0) is 31.2 Å². The molecule has 1 heterocycles. The number of halogens is 1. The van der Waals surface area contributed by atoms with Crippen molar-refractivity contribution >= 4 is 54.7 Å². The molecule has 0 fully saturated rings. The lowest BCUT2D eigenvalue weighted by atomic mass is 10.2. The van der Waals surface area contributed by atoms with E-state index in [1.54, 1.807) is 49.4 Å². The van der Waals surface area contributed by atoms with Crippen LogP contribution in [0.25, 0.3) is 10.1 Å². The topological polar surface area (TPSA) is 72.5 Å². The van der Waals surface area contributed by atoms with Crippen LogP contribution in [0.1, 0.15) is 16.6 Å². The molecule has 3 aromatic rings. The van der Waals surface area contributed by atoms with Crippen LogP contribution in [0.15, 0.2) is 53.4 Å². The highest BCUT2D eigenvalue weighted by atomic mass is 35.5. The highest BCUT2D eigenvalue weighted by molar-refractivity contribution is 7.93. The van der Waals surface area contributed by atoms with E-state index in [1.165, 1.54) is 6.07 Å². The van der Waals surface area contributed by atoms with Crippen molar-refractivity contribution in [2.24, 2.45) is 0 Å². The summed E-state index contributed by atoms with van der Waals surface area (Å²) in [4.78, 5) is 12.2. The number of rotatable bonds is 5. The highest BCUT2D eigenvalue weighted by Crippen LogP contribution is 2.36. The second-order valence-electron chi connectivity index (χ2n) is 5.09. The molecule has 0 saturated carbocycles. The van der Waals surface area contributed by atoms with Gasteiger partial charge in [0.05, 0.1) is 12.3 Å². The minimum atomic E-state index is -4.01. The molecule has 3 rings (SSSR count). The summed E-state index contributed by atoms with van der Waals surface area (Å²) in [5.41, 5.74) is 0.317. The van der Waals surface area contributed by atoms with Gasteiger partial charge in [0.1, 0.15) is 9.77 Å². The fourth-order valence-electron chi connectivity index (χ4n) is 2.38. The molecule has 5 nitrogen and oxygen atoms in total. The Morgan fingerprint density at radius 1 is 1.20 bits per heavy atom. The summed E-state index contributed by atoms with van der Waals surface area (Å²) in [5.74, 6) is -0.657. The first kappa shape index (κ1) is 17.7. The van der Waals surface area contributed by atoms with Gasteiger partial charge >= 0.3 is 5.97 Å². The smallest absolute Gasteiger partial charge is 0.349 e. The molecule has 2 aromatic carbocycles. The van der Waals surface area contributed by atoms with Crippen LogP contribution in [0, 0.1) is 0 Å². The van der Waals surface area contributed by atoms with E-state index in [0.717, 1.165) is 11.3 Å². The van der Waals surface area contributed by atoms with Crippen LogP contribution in [0.5, 0.6) is 0 Å². The number of anilines is 1. The van der Waals surface area contributed by atoms with Gasteiger partial charge in [-0.15, -0.1) is 11.3 Å². The lowest BCUT2D eigenvalue weighted by molar-refractivity contribution is 0.0528. The van der Waals surface area contributed by atoms with Crippen LogP contribution in [0.3, 0.4) is 0 Å². The number of hydrogen-bond donors (Lipinski definition) is 1. The normalized spacial score (nSPS) is 11.4. The molecule has 130 valence electrons. The fraction of sp³-hybridized carbons (Fsp3) is 0.118. The van der Waals surface area contributed by atoms with E-state index >= 15 is 0 Å². The van der Waals surface area contributed by atoms with Gasteiger partial charge < -0.3 is 4.74 Å². The predicted molar refractivity (Wildman–Crippen MR) is 100 cm³/mol. The Kier molecular flexibility index (Phi) is 4.99. The number of sulfonamides is 1. The number of fused-ring (bicyclic) bond motifs is 1. The molecule has 0 radical (unpaired) electrons. The van der Waals surface area contributed by atoms with Gasteiger partial charge in [-0.25, -0.2) is 13.2 Å². The third-order valence-electron chi connectivity index (χ3n) is 3.36. The molecule has 0 aliphatic rings. The number of carbonyl (C=O) groups excluding carboxylic acids is 1. The molecule has 1 aromatic heterocycles. The van der Waals surface area contributed by atoms with E-state index in [2.05, 4.69) is 4.72 Å². The molecule has 0 amide bonds. The van der Waals surface area contributed by atoms with Gasteiger partial charge in [0.2, 0.25) is 0 Å². The largest absolute Gasteiger partial charge is 0.462 e. The Hall–Kier alpha value is -2.09. The minimum absolute atomic E-state index is 0.0533. The summed E-state index contributed by atoms with van der Waals surface area (Å²) in [7, 11) is -4.01. The van der Waals surface area contributed by atoms with Crippen molar-refractivity contribution < 1.29 is 17.9 Å². The van der Waals surface area contributed by atoms with E-state index in [-0.39, 0.29) is 16.4 Å². The van der Waals surface area contributed by atoms with Gasteiger partial charge in [0, 0.05) is 15.1 Å². The first-order valence-electron chi connectivity index (χ1n) is 7.39. The van der Waals surface area contributed by atoms with E-state index in [1.807, 2.05) is 0 Å². The number of hydrogen-bond acceptors (Lipinski definition) is 5. The second-order valence-corrected chi connectivity index (χ2v) is 8.20. The average molecular weight is 396 g/mol. The summed E-state index contributed by atoms with van der Waals surface area (Å²) in [6.07, 6.45) is 0. The summed E-state index contributed by atoms with van der Waals surface area (Å²) < 4.78 is 34.1. The lowest BCUT2D eigenvalue weighted by Crippen LogP contribution is -2.16. The fourth-order valence-corrected chi connectivity index (χ4v) is 5.41. The molecule has 0 spiro atoms. The van der Waals surface area contributed by atoms with Crippen LogP contribution in [0.4, 0.5) is 5.69 Å². The standard InChI is InChI=1S/C17H14ClNO4S2/c1-2-23-17(20)15-16(13-8-3-4-9-14(13)24-15)25(21,22)19-12-7-5-6-11(18)10-12/h3-10,19H,2H2,1H3. The quantitative estimate of drug-likeness (QED) is 0.644. The number of thiophene rings is 1. The third-order valence-corrected chi connectivity index (χ3v) is 6.34. The Morgan fingerprint density at radius 3 is 2.68 bits per heavy atom. The Morgan fingerprint density at radius 2 is 1.96 bits per heavy atom. The molecule has 8 heteroatoms. The summed E-state index contributed by atoms with van der Waals surface area (Å²) in [5, 5.41) is 0.881. The number of carbonyl (C=O) groups is 1. The van der Waals surface area contributed by atoms with E-state index in [9.17, 15) is 13.2 Å². The van der Waals surface area contributed by atoms with E-state index < -0.39 is 16.0 Å². The first-order valence-corrected chi connectivity index (χ1v) is 10.1. The molecular weight excluding hydrogens is 382 g/mol. The third kappa shape index (κ3) is 3.63. The van der Waals surface area contributed by atoms with Gasteiger partial charge in [0.15, 0.2) is 0 Å². The molecule has 0 aliphatic heterocycles. The maximum Gasteiger partial charge on any atom is 0.349 e. The van der Waals surface area contributed by atoms with E-state index in [4.69, 9.17) is 16.3 Å². The summed E-state index contributed by atoms with van der Waals surface area (Å²) in [6, 6.07) is 13.3. The van der Waals surface area contributed by atoms with E-state index in [0.29, 0.717) is 20.8 Å². The number of esters is 1.